The summed E-state index contributed by atoms with van der Waals surface area (Å²) in [6, 6.07) is 0. The second kappa shape index (κ2) is 5.88. The van der Waals surface area contributed by atoms with E-state index in [1.165, 1.54) is 7.11 Å². The minimum absolute atomic E-state index is 0.0152. The maximum absolute atomic E-state index is 13.0. The summed E-state index contributed by atoms with van der Waals surface area (Å²) in [5, 5.41) is 4.99. The zero-order valence-electron chi connectivity index (χ0n) is 10.6. The first-order valence-electron chi connectivity index (χ1n) is 5.88. The maximum atomic E-state index is 13.0. The standard InChI is InChI=1S/C11H19F3N2O2/c1-8(6-18-2)5-16-9(17)10(11(12,13)14)3-4-15-7-10/h8,15H,3-7H2,1-2H3,(H,16,17). The van der Waals surface area contributed by atoms with Crippen LogP contribution in [0.5, 0.6) is 0 Å². The van der Waals surface area contributed by atoms with Crippen LogP contribution in [-0.2, 0) is 9.53 Å². The third-order valence-electron chi connectivity index (χ3n) is 3.19. The van der Waals surface area contributed by atoms with E-state index in [1.807, 2.05) is 0 Å². The van der Waals surface area contributed by atoms with E-state index < -0.39 is 17.5 Å². The Morgan fingerprint density at radius 3 is 2.67 bits per heavy atom. The first-order valence-corrected chi connectivity index (χ1v) is 5.88. The van der Waals surface area contributed by atoms with Gasteiger partial charge in [0.25, 0.3) is 0 Å². The SMILES string of the molecule is COCC(C)CNC(=O)C1(C(F)(F)F)CCNC1. The molecule has 0 aliphatic carbocycles. The Kier molecular flexibility index (Phi) is 4.98. The van der Waals surface area contributed by atoms with E-state index in [2.05, 4.69) is 10.6 Å². The second-order valence-corrected chi connectivity index (χ2v) is 4.78. The summed E-state index contributed by atoms with van der Waals surface area (Å²) in [5.41, 5.74) is -2.28. The van der Waals surface area contributed by atoms with Crippen molar-refractivity contribution in [2.45, 2.75) is 19.5 Å². The highest BCUT2D eigenvalue weighted by Crippen LogP contribution is 2.43. The van der Waals surface area contributed by atoms with Gasteiger partial charge in [-0.3, -0.25) is 4.79 Å². The Labute approximate surface area is 104 Å². The van der Waals surface area contributed by atoms with Crippen LogP contribution < -0.4 is 10.6 Å². The molecule has 2 unspecified atom stereocenters. The number of nitrogens with one attached hydrogen (secondary N) is 2. The minimum Gasteiger partial charge on any atom is -0.384 e. The average Bonchev–Trinajstić information content (AvgIpc) is 2.75. The van der Waals surface area contributed by atoms with E-state index in [0.29, 0.717) is 6.61 Å². The Balaban J connectivity index is 2.62. The predicted octanol–water partition coefficient (Wildman–Crippen LogP) is 0.927. The third-order valence-corrected chi connectivity index (χ3v) is 3.19. The lowest BCUT2D eigenvalue weighted by Crippen LogP contribution is -2.53. The number of alkyl halides is 3. The van der Waals surface area contributed by atoms with Crippen molar-refractivity contribution >= 4 is 5.91 Å². The summed E-state index contributed by atoms with van der Waals surface area (Å²) in [6.07, 6.45) is -4.73. The largest absolute Gasteiger partial charge is 0.404 e. The van der Waals surface area contributed by atoms with Gasteiger partial charge in [0, 0.05) is 20.2 Å². The topological polar surface area (TPSA) is 50.4 Å². The molecule has 4 nitrogen and oxygen atoms in total. The molecule has 2 N–H and O–H groups in total. The molecule has 1 aliphatic heterocycles. The maximum Gasteiger partial charge on any atom is 0.404 e. The van der Waals surface area contributed by atoms with Gasteiger partial charge < -0.3 is 15.4 Å². The van der Waals surface area contributed by atoms with Crippen LogP contribution in [0.4, 0.5) is 13.2 Å². The van der Waals surface area contributed by atoms with Gasteiger partial charge in [-0.05, 0) is 18.9 Å². The molecule has 0 spiro atoms. The Hall–Kier alpha value is -0.820. The van der Waals surface area contributed by atoms with E-state index in [4.69, 9.17) is 4.74 Å². The van der Waals surface area contributed by atoms with Crippen LogP contribution >= 0.6 is 0 Å². The summed E-state index contributed by atoms with van der Waals surface area (Å²) in [4.78, 5) is 11.8. The highest BCUT2D eigenvalue weighted by atomic mass is 19.4. The van der Waals surface area contributed by atoms with Crippen LogP contribution in [0, 0.1) is 11.3 Å². The summed E-state index contributed by atoms with van der Waals surface area (Å²) in [6.45, 7) is 2.25. The number of hydrogen-bond acceptors (Lipinski definition) is 3. The molecule has 106 valence electrons. The first-order chi connectivity index (χ1) is 8.33. The molecular weight excluding hydrogens is 249 g/mol. The van der Waals surface area contributed by atoms with Crippen molar-refractivity contribution in [1.82, 2.24) is 10.6 Å². The van der Waals surface area contributed by atoms with E-state index in [9.17, 15) is 18.0 Å². The van der Waals surface area contributed by atoms with E-state index >= 15 is 0 Å². The molecule has 1 fully saturated rings. The number of rotatable bonds is 5. The molecule has 0 bridgehead atoms. The molecule has 0 aromatic carbocycles. The van der Waals surface area contributed by atoms with Gasteiger partial charge in [-0.25, -0.2) is 0 Å². The number of methoxy groups -OCH3 is 1. The van der Waals surface area contributed by atoms with Crippen LogP contribution in [0.1, 0.15) is 13.3 Å². The van der Waals surface area contributed by atoms with Gasteiger partial charge in [-0.2, -0.15) is 13.2 Å². The summed E-state index contributed by atoms with van der Waals surface area (Å²) >= 11 is 0. The summed E-state index contributed by atoms with van der Waals surface area (Å²) in [7, 11) is 1.51. The molecule has 0 aromatic heterocycles. The normalized spacial score (nSPS) is 26.1. The fourth-order valence-electron chi connectivity index (χ4n) is 2.04. The Bertz CT molecular complexity index is 289. The fraction of sp³-hybridized carbons (Fsp3) is 0.909. The lowest BCUT2D eigenvalue weighted by Gasteiger charge is -2.29. The average molecular weight is 268 g/mol. The van der Waals surface area contributed by atoms with Gasteiger partial charge >= 0.3 is 6.18 Å². The Morgan fingerprint density at radius 2 is 2.22 bits per heavy atom. The molecule has 7 heteroatoms. The first kappa shape index (κ1) is 15.2. The monoisotopic (exact) mass is 268 g/mol. The van der Waals surface area contributed by atoms with Crippen molar-refractivity contribution < 1.29 is 22.7 Å². The van der Waals surface area contributed by atoms with Gasteiger partial charge in [0.15, 0.2) is 5.41 Å². The van der Waals surface area contributed by atoms with Crippen molar-refractivity contribution in [2.75, 3.05) is 33.4 Å². The summed E-state index contributed by atoms with van der Waals surface area (Å²) in [5.74, 6) is -0.957. The predicted molar refractivity (Wildman–Crippen MR) is 60.0 cm³/mol. The molecule has 1 aliphatic rings. The molecule has 1 amide bonds. The quantitative estimate of drug-likeness (QED) is 0.780. The van der Waals surface area contributed by atoms with Crippen LogP contribution in [0.15, 0.2) is 0 Å². The number of carbonyl (C=O) groups excluding carboxylic acids is 1. The Morgan fingerprint density at radius 1 is 1.56 bits per heavy atom. The van der Waals surface area contributed by atoms with E-state index in [-0.39, 0.29) is 32.0 Å². The van der Waals surface area contributed by atoms with Crippen LogP contribution in [0.25, 0.3) is 0 Å². The fourth-order valence-corrected chi connectivity index (χ4v) is 2.04. The van der Waals surface area contributed by atoms with E-state index in [1.54, 1.807) is 6.92 Å². The number of ether oxygens (including phenoxy) is 1. The molecule has 1 saturated heterocycles. The number of halogens is 3. The smallest absolute Gasteiger partial charge is 0.384 e. The highest BCUT2D eigenvalue weighted by Gasteiger charge is 2.61. The van der Waals surface area contributed by atoms with E-state index in [0.717, 1.165) is 0 Å². The van der Waals surface area contributed by atoms with Crippen molar-refractivity contribution in [3.8, 4) is 0 Å². The van der Waals surface area contributed by atoms with Gasteiger partial charge in [0.1, 0.15) is 0 Å². The summed E-state index contributed by atoms with van der Waals surface area (Å²) < 4.78 is 43.9. The van der Waals surface area contributed by atoms with Crippen LogP contribution in [0.2, 0.25) is 0 Å². The molecule has 0 saturated carbocycles. The van der Waals surface area contributed by atoms with Crippen molar-refractivity contribution in [3.05, 3.63) is 0 Å². The zero-order chi connectivity index (χ0) is 13.8. The number of amides is 1. The van der Waals surface area contributed by atoms with Gasteiger partial charge in [0.05, 0.1) is 6.61 Å². The third kappa shape index (κ3) is 3.14. The molecule has 0 radical (unpaired) electrons. The molecule has 18 heavy (non-hydrogen) atoms. The van der Waals surface area contributed by atoms with Crippen molar-refractivity contribution in [2.24, 2.45) is 11.3 Å². The van der Waals surface area contributed by atoms with Crippen molar-refractivity contribution in [3.63, 3.8) is 0 Å². The highest BCUT2D eigenvalue weighted by molar-refractivity contribution is 5.84. The zero-order valence-corrected chi connectivity index (χ0v) is 10.6. The molecule has 2 atom stereocenters. The minimum atomic E-state index is -4.52. The molecule has 1 rings (SSSR count). The van der Waals surface area contributed by atoms with Gasteiger partial charge in [-0.15, -0.1) is 0 Å². The molecule has 0 aromatic rings. The van der Waals surface area contributed by atoms with Crippen LogP contribution in [0.3, 0.4) is 0 Å². The molecule has 1 heterocycles. The lowest BCUT2D eigenvalue weighted by molar-refractivity contribution is -0.216. The van der Waals surface area contributed by atoms with Crippen LogP contribution in [-0.4, -0.2) is 45.4 Å². The van der Waals surface area contributed by atoms with Crippen molar-refractivity contribution in [1.29, 1.82) is 0 Å². The number of hydrogen-bond donors (Lipinski definition) is 2. The second-order valence-electron chi connectivity index (χ2n) is 4.78. The lowest BCUT2D eigenvalue weighted by atomic mass is 9.85. The number of carbonyl (C=O) groups is 1. The molecular formula is C11H19F3N2O2. The van der Waals surface area contributed by atoms with Gasteiger partial charge in [-0.1, -0.05) is 6.92 Å². The van der Waals surface area contributed by atoms with Gasteiger partial charge in [0.2, 0.25) is 5.91 Å².